The Morgan fingerprint density at radius 1 is 1.35 bits per heavy atom. The van der Waals surface area contributed by atoms with Crippen molar-refractivity contribution >= 4 is 17.7 Å². The van der Waals surface area contributed by atoms with Gasteiger partial charge in [-0.15, -0.1) is 0 Å². The van der Waals surface area contributed by atoms with E-state index in [0.29, 0.717) is 25.5 Å². The first-order valence-corrected chi connectivity index (χ1v) is 8.34. The summed E-state index contributed by atoms with van der Waals surface area (Å²) in [5, 5.41) is 0.839. The van der Waals surface area contributed by atoms with Gasteiger partial charge in [0.05, 0.1) is 5.75 Å². The summed E-state index contributed by atoms with van der Waals surface area (Å²) in [6.45, 7) is 1.68. The second-order valence-corrected chi connectivity index (χ2v) is 6.28. The number of thioether (sulfide) groups is 1. The lowest BCUT2D eigenvalue weighted by Gasteiger charge is -2.21. The van der Waals surface area contributed by atoms with E-state index < -0.39 is 0 Å². The molecule has 1 aromatic heterocycles. The standard InChI is InChI=1S/C16H19N3O3S/c1-18-6-5-17-16(18)23-11-15(20)19(2)10-12-3-4-13-14(9-12)22-8-7-21-13/h3-6,9H,7-8,10-11H2,1-2H3. The molecule has 23 heavy (non-hydrogen) atoms. The van der Waals surface area contributed by atoms with Gasteiger partial charge in [-0.05, 0) is 17.7 Å². The maximum absolute atomic E-state index is 12.3. The Morgan fingerprint density at radius 2 is 2.13 bits per heavy atom. The molecule has 0 unspecified atom stereocenters. The predicted octanol–water partition coefficient (Wildman–Crippen LogP) is 1.94. The molecule has 0 saturated heterocycles. The minimum Gasteiger partial charge on any atom is -0.486 e. The monoisotopic (exact) mass is 333 g/mol. The Morgan fingerprint density at radius 3 is 2.87 bits per heavy atom. The largest absolute Gasteiger partial charge is 0.486 e. The molecule has 0 atom stereocenters. The molecular formula is C16H19N3O3S. The van der Waals surface area contributed by atoms with Crippen molar-refractivity contribution in [1.29, 1.82) is 0 Å². The molecule has 0 saturated carbocycles. The van der Waals surface area contributed by atoms with Crippen LogP contribution in [0.15, 0.2) is 35.7 Å². The van der Waals surface area contributed by atoms with Crippen LogP contribution in [0.4, 0.5) is 0 Å². The first kappa shape index (κ1) is 15.7. The molecular weight excluding hydrogens is 314 g/mol. The highest BCUT2D eigenvalue weighted by atomic mass is 32.2. The van der Waals surface area contributed by atoms with Crippen molar-refractivity contribution in [3.63, 3.8) is 0 Å². The van der Waals surface area contributed by atoms with Gasteiger partial charge in [0.15, 0.2) is 16.7 Å². The van der Waals surface area contributed by atoms with E-state index in [4.69, 9.17) is 9.47 Å². The highest BCUT2D eigenvalue weighted by molar-refractivity contribution is 7.99. The van der Waals surface area contributed by atoms with Crippen molar-refractivity contribution in [2.45, 2.75) is 11.7 Å². The van der Waals surface area contributed by atoms with Crippen LogP contribution in [0.2, 0.25) is 0 Å². The molecule has 1 amide bonds. The predicted molar refractivity (Wildman–Crippen MR) is 87.8 cm³/mol. The van der Waals surface area contributed by atoms with E-state index in [2.05, 4.69) is 4.98 Å². The zero-order valence-corrected chi connectivity index (χ0v) is 14.0. The third-order valence-corrected chi connectivity index (χ3v) is 4.60. The van der Waals surface area contributed by atoms with Gasteiger partial charge in [-0.1, -0.05) is 17.8 Å². The first-order chi connectivity index (χ1) is 11.1. The summed E-state index contributed by atoms with van der Waals surface area (Å²) in [6, 6.07) is 5.79. The third kappa shape index (κ3) is 3.79. The fourth-order valence-corrected chi connectivity index (χ4v) is 3.15. The molecule has 2 heterocycles. The van der Waals surface area contributed by atoms with Crippen LogP contribution in [-0.4, -0.2) is 46.4 Å². The molecule has 7 heteroatoms. The molecule has 122 valence electrons. The number of hydrogen-bond acceptors (Lipinski definition) is 5. The van der Waals surface area contributed by atoms with Crippen molar-refractivity contribution < 1.29 is 14.3 Å². The highest BCUT2D eigenvalue weighted by Gasteiger charge is 2.15. The summed E-state index contributed by atoms with van der Waals surface area (Å²) >= 11 is 1.44. The molecule has 1 aromatic carbocycles. The topological polar surface area (TPSA) is 56.6 Å². The van der Waals surface area contributed by atoms with E-state index in [1.165, 1.54) is 11.8 Å². The highest BCUT2D eigenvalue weighted by Crippen LogP contribution is 2.31. The Bertz CT molecular complexity index is 702. The fourth-order valence-electron chi connectivity index (χ4n) is 2.28. The van der Waals surface area contributed by atoms with E-state index in [9.17, 15) is 4.79 Å². The molecule has 0 radical (unpaired) electrons. The van der Waals surface area contributed by atoms with E-state index in [0.717, 1.165) is 22.2 Å². The lowest BCUT2D eigenvalue weighted by Crippen LogP contribution is -2.28. The van der Waals surface area contributed by atoms with Gasteiger partial charge in [0.25, 0.3) is 0 Å². The summed E-state index contributed by atoms with van der Waals surface area (Å²) in [6.07, 6.45) is 3.59. The van der Waals surface area contributed by atoms with Crippen LogP contribution in [-0.2, 0) is 18.4 Å². The third-order valence-electron chi connectivity index (χ3n) is 3.55. The van der Waals surface area contributed by atoms with E-state index in [-0.39, 0.29) is 5.91 Å². The van der Waals surface area contributed by atoms with E-state index >= 15 is 0 Å². The van der Waals surface area contributed by atoms with Gasteiger partial charge in [-0.3, -0.25) is 4.79 Å². The van der Waals surface area contributed by atoms with Crippen LogP contribution in [0.5, 0.6) is 11.5 Å². The second kappa shape index (κ2) is 6.95. The number of fused-ring (bicyclic) bond motifs is 1. The molecule has 2 aromatic rings. The summed E-state index contributed by atoms with van der Waals surface area (Å²) < 4.78 is 13.0. The Balaban J connectivity index is 1.56. The second-order valence-electron chi connectivity index (χ2n) is 5.34. The number of nitrogens with zero attached hydrogens (tertiary/aromatic N) is 3. The molecule has 0 bridgehead atoms. The van der Waals surface area contributed by atoms with Crippen LogP contribution >= 0.6 is 11.8 Å². The lowest BCUT2D eigenvalue weighted by molar-refractivity contribution is -0.127. The number of hydrogen-bond donors (Lipinski definition) is 0. The van der Waals surface area contributed by atoms with Gasteiger partial charge in [-0.2, -0.15) is 0 Å². The summed E-state index contributed by atoms with van der Waals surface area (Å²) in [7, 11) is 3.72. The van der Waals surface area contributed by atoms with Gasteiger partial charge >= 0.3 is 0 Å². The number of carbonyl (C=O) groups excluding carboxylic acids is 1. The van der Waals surface area contributed by atoms with Gasteiger partial charge < -0.3 is 18.9 Å². The molecule has 1 aliphatic rings. The quantitative estimate of drug-likeness (QED) is 0.783. The average Bonchev–Trinajstić information content (AvgIpc) is 2.97. The van der Waals surface area contributed by atoms with Crippen molar-refractivity contribution in [3.05, 3.63) is 36.2 Å². The maximum atomic E-state index is 12.3. The molecule has 0 aliphatic carbocycles. The number of imidazole rings is 1. The molecule has 6 nitrogen and oxygen atoms in total. The number of aromatic nitrogens is 2. The number of ether oxygens (including phenoxy) is 2. The lowest BCUT2D eigenvalue weighted by atomic mass is 10.2. The maximum Gasteiger partial charge on any atom is 0.233 e. The smallest absolute Gasteiger partial charge is 0.233 e. The van der Waals surface area contributed by atoms with Gasteiger partial charge in [0.1, 0.15) is 13.2 Å². The van der Waals surface area contributed by atoms with Gasteiger partial charge in [-0.25, -0.2) is 4.98 Å². The summed E-state index contributed by atoms with van der Waals surface area (Å²) in [4.78, 5) is 18.2. The minimum absolute atomic E-state index is 0.0629. The molecule has 0 fully saturated rings. The summed E-state index contributed by atoms with van der Waals surface area (Å²) in [5.74, 6) is 1.94. The van der Waals surface area contributed by atoms with Crippen LogP contribution in [0.1, 0.15) is 5.56 Å². The van der Waals surface area contributed by atoms with Crippen LogP contribution in [0.25, 0.3) is 0 Å². The molecule has 3 rings (SSSR count). The van der Waals surface area contributed by atoms with E-state index in [1.54, 1.807) is 18.1 Å². The Kier molecular flexibility index (Phi) is 4.76. The molecule has 0 N–H and O–H groups in total. The average molecular weight is 333 g/mol. The Labute approximate surface area is 139 Å². The number of rotatable bonds is 5. The van der Waals surface area contributed by atoms with Crippen LogP contribution < -0.4 is 9.47 Å². The zero-order valence-electron chi connectivity index (χ0n) is 13.2. The van der Waals surface area contributed by atoms with Gasteiger partial charge in [0, 0.05) is 33.0 Å². The zero-order chi connectivity index (χ0) is 16.2. The van der Waals surface area contributed by atoms with Gasteiger partial charge in [0.2, 0.25) is 5.91 Å². The molecule has 1 aliphatic heterocycles. The number of benzene rings is 1. The van der Waals surface area contributed by atoms with E-state index in [1.807, 2.05) is 36.0 Å². The van der Waals surface area contributed by atoms with Crippen LogP contribution in [0, 0.1) is 0 Å². The Hall–Kier alpha value is -2.15. The number of carbonyl (C=O) groups is 1. The summed E-state index contributed by atoms with van der Waals surface area (Å²) in [5.41, 5.74) is 1.02. The van der Waals surface area contributed by atoms with Crippen molar-refractivity contribution in [1.82, 2.24) is 14.5 Å². The SMILES string of the molecule is CN(Cc1ccc2c(c1)OCCO2)C(=O)CSc1nccn1C. The fraction of sp³-hybridized carbons (Fsp3) is 0.375. The number of amides is 1. The van der Waals surface area contributed by atoms with Crippen molar-refractivity contribution in [2.24, 2.45) is 7.05 Å². The minimum atomic E-state index is 0.0629. The van der Waals surface area contributed by atoms with Crippen LogP contribution in [0.3, 0.4) is 0 Å². The normalized spacial score (nSPS) is 13.0. The first-order valence-electron chi connectivity index (χ1n) is 7.36. The van der Waals surface area contributed by atoms with Crippen molar-refractivity contribution in [3.8, 4) is 11.5 Å². The van der Waals surface area contributed by atoms with Crippen molar-refractivity contribution in [2.75, 3.05) is 26.0 Å². The number of aryl methyl sites for hydroxylation is 1. The molecule has 0 spiro atoms.